The first-order valence-corrected chi connectivity index (χ1v) is 5.15. The predicted octanol–water partition coefficient (Wildman–Crippen LogP) is 0.861. The second-order valence-electron chi connectivity index (χ2n) is 3.62. The molecule has 1 atom stereocenters. The van der Waals surface area contributed by atoms with E-state index >= 15 is 0 Å². The van der Waals surface area contributed by atoms with E-state index in [2.05, 4.69) is 10.4 Å². The first kappa shape index (κ1) is 11.6. The van der Waals surface area contributed by atoms with Gasteiger partial charge in [-0.3, -0.25) is 9.48 Å². The van der Waals surface area contributed by atoms with Crippen LogP contribution in [0.25, 0.3) is 0 Å². The zero-order chi connectivity index (χ0) is 11.4. The summed E-state index contributed by atoms with van der Waals surface area (Å²) in [6.45, 7) is 6.33. The Morgan fingerprint density at radius 1 is 1.73 bits per heavy atom. The number of nitrogens with two attached hydrogens (primary N) is 1. The van der Waals surface area contributed by atoms with Gasteiger partial charge in [-0.25, -0.2) is 0 Å². The Kier molecular flexibility index (Phi) is 3.71. The van der Waals surface area contributed by atoms with Gasteiger partial charge >= 0.3 is 0 Å². The van der Waals surface area contributed by atoms with Crippen LogP contribution in [-0.2, 0) is 4.79 Å². The van der Waals surface area contributed by atoms with Gasteiger partial charge in [0.1, 0.15) is 6.04 Å². The Labute approximate surface area is 89.6 Å². The van der Waals surface area contributed by atoms with Gasteiger partial charge in [-0.05, 0) is 20.3 Å². The molecule has 0 radical (unpaired) electrons. The third-order valence-corrected chi connectivity index (χ3v) is 2.28. The number of aromatic nitrogens is 2. The molecule has 1 amide bonds. The van der Waals surface area contributed by atoms with Crippen molar-refractivity contribution in [2.45, 2.75) is 33.2 Å². The van der Waals surface area contributed by atoms with Crippen LogP contribution in [0.1, 0.15) is 32.0 Å². The molecule has 1 heterocycles. The summed E-state index contributed by atoms with van der Waals surface area (Å²) >= 11 is 0. The van der Waals surface area contributed by atoms with Gasteiger partial charge in [-0.15, -0.1) is 0 Å². The van der Waals surface area contributed by atoms with E-state index in [-0.39, 0.29) is 11.9 Å². The molecule has 5 nitrogen and oxygen atoms in total. The molecule has 0 bridgehead atoms. The van der Waals surface area contributed by atoms with Crippen molar-refractivity contribution >= 4 is 11.6 Å². The van der Waals surface area contributed by atoms with Gasteiger partial charge in [-0.1, -0.05) is 6.92 Å². The number of nitrogens with one attached hydrogen (secondary N) is 1. The van der Waals surface area contributed by atoms with Crippen LogP contribution in [0.2, 0.25) is 0 Å². The monoisotopic (exact) mass is 210 g/mol. The van der Waals surface area contributed by atoms with Crippen LogP contribution in [0, 0.1) is 6.92 Å². The van der Waals surface area contributed by atoms with Gasteiger partial charge in [0, 0.05) is 12.7 Å². The van der Waals surface area contributed by atoms with Crippen LogP contribution >= 0.6 is 0 Å². The van der Waals surface area contributed by atoms with Gasteiger partial charge in [0.25, 0.3) is 0 Å². The number of anilines is 1. The molecule has 1 aromatic rings. The minimum Gasteiger partial charge on any atom is -0.396 e. The molecule has 1 aromatic heterocycles. The number of nitrogen functional groups attached to an aromatic ring is 1. The van der Waals surface area contributed by atoms with Crippen LogP contribution in [-0.4, -0.2) is 22.2 Å². The fourth-order valence-electron chi connectivity index (χ4n) is 1.21. The van der Waals surface area contributed by atoms with Crippen LogP contribution in [0.4, 0.5) is 5.69 Å². The number of carbonyl (C=O) groups excluding carboxylic acids is 1. The molecule has 5 heteroatoms. The van der Waals surface area contributed by atoms with E-state index in [1.54, 1.807) is 17.8 Å². The largest absolute Gasteiger partial charge is 0.396 e. The summed E-state index contributed by atoms with van der Waals surface area (Å²) in [5, 5.41) is 6.99. The summed E-state index contributed by atoms with van der Waals surface area (Å²) in [5.74, 6) is -0.0284. The summed E-state index contributed by atoms with van der Waals surface area (Å²) in [6, 6.07) is -0.312. The van der Waals surface area contributed by atoms with E-state index in [1.807, 2.05) is 13.8 Å². The summed E-state index contributed by atoms with van der Waals surface area (Å²) in [6.07, 6.45) is 2.62. The van der Waals surface area contributed by atoms with Crippen LogP contribution in [0.3, 0.4) is 0 Å². The fraction of sp³-hybridized carbons (Fsp3) is 0.600. The number of hydrogen-bond acceptors (Lipinski definition) is 3. The zero-order valence-electron chi connectivity index (χ0n) is 9.45. The molecule has 84 valence electrons. The number of carbonyl (C=O) groups is 1. The van der Waals surface area contributed by atoms with E-state index in [9.17, 15) is 4.79 Å². The maximum absolute atomic E-state index is 11.6. The minimum atomic E-state index is -0.312. The second-order valence-corrected chi connectivity index (χ2v) is 3.62. The first-order chi connectivity index (χ1) is 7.06. The van der Waals surface area contributed by atoms with Crippen molar-refractivity contribution in [3.8, 4) is 0 Å². The first-order valence-electron chi connectivity index (χ1n) is 5.15. The van der Waals surface area contributed by atoms with Crippen molar-refractivity contribution in [3.05, 3.63) is 11.9 Å². The molecule has 3 N–H and O–H groups in total. The second kappa shape index (κ2) is 4.82. The summed E-state index contributed by atoms with van der Waals surface area (Å²) in [5.41, 5.74) is 7.03. The van der Waals surface area contributed by atoms with Gasteiger partial charge < -0.3 is 11.1 Å². The molecular formula is C10H18N4O. The van der Waals surface area contributed by atoms with Crippen molar-refractivity contribution in [3.63, 3.8) is 0 Å². The van der Waals surface area contributed by atoms with Gasteiger partial charge in [0.2, 0.25) is 5.91 Å². The smallest absolute Gasteiger partial charge is 0.244 e. The van der Waals surface area contributed by atoms with Gasteiger partial charge in [-0.2, -0.15) is 5.10 Å². The average Bonchev–Trinajstić information content (AvgIpc) is 2.54. The van der Waals surface area contributed by atoms with Crippen LogP contribution in [0.15, 0.2) is 6.20 Å². The Bertz CT molecular complexity index is 326. The lowest BCUT2D eigenvalue weighted by Crippen LogP contribution is -2.31. The molecule has 0 aliphatic heterocycles. The molecule has 1 rings (SSSR count). The maximum Gasteiger partial charge on any atom is 0.244 e. The van der Waals surface area contributed by atoms with E-state index < -0.39 is 0 Å². The summed E-state index contributed by atoms with van der Waals surface area (Å²) < 4.78 is 1.59. The highest BCUT2D eigenvalue weighted by Gasteiger charge is 2.15. The topological polar surface area (TPSA) is 72.9 Å². The average molecular weight is 210 g/mol. The molecule has 0 saturated heterocycles. The van der Waals surface area contributed by atoms with E-state index in [4.69, 9.17) is 5.73 Å². The summed E-state index contributed by atoms with van der Waals surface area (Å²) in [7, 11) is 0. The molecular weight excluding hydrogens is 192 g/mol. The molecule has 0 fully saturated rings. The predicted molar refractivity (Wildman–Crippen MR) is 59.4 cm³/mol. The third kappa shape index (κ3) is 2.71. The Morgan fingerprint density at radius 3 is 2.87 bits per heavy atom. The van der Waals surface area contributed by atoms with E-state index in [0.717, 1.165) is 12.1 Å². The number of hydrogen-bond donors (Lipinski definition) is 2. The van der Waals surface area contributed by atoms with Crippen molar-refractivity contribution in [2.24, 2.45) is 0 Å². The van der Waals surface area contributed by atoms with Crippen LogP contribution < -0.4 is 11.1 Å². The molecule has 0 aromatic carbocycles. The van der Waals surface area contributed by atoms with Crippen LogP contribution in [0.5, 0.6) is 0 Å². The van der Waals surface area contributed by atoms with Crippen molar-refractivity contribution in [1.82, 2.24) is 15.1 Å². The maximum atomic E-state index is 11.6. The molecule has 1 unspecified atom stereocenters. The number of rotatable bonds is 4. The summed E-state index contributed by atoms with van der Waals surface area (Å²) in [4.78, 5) is 11.6. The van der Waals surface area contributed by atoms with Gasteiger partial charge in [0.15, 0.2) is 0 Å². The Morgan fingerprint density at radius 2 is 2.40 bits per heavy atom. The number of nitrogens with zero attached hydrogens (tertiary/aromatic N) is 2. The fourth-order valence-corrected chi connectivity index (χ4v) is 1.21. The van der Waals surface area contributed by atoms with E-state index in [1.165, 1.54) is 0 Å². The Hall–Kier alpha value is -1.52. The Balaban J connectivity index is 2.67. The minimum absolute atomic E-state index is 0.0284. The molecule has 0 saturated carbocycles. The van der Waals surface area contributed by atoms with Crippen molar-refractivity contribution in [1.29, 1.82) is 0 Å². The number of aryl methyl sites for hydroxylation is 1. The van der Waals surface area contributed by atoms with Crippen molar-refractivity contribution in [2.75, 3.05) is 12.3 Å². The lowest BCUT2D eigenvalue weighted by Gasteiger charge is -2.11. The molecule has 0 aliphatic carbocycles. The highest BCUT2D eigenvalue weighted by atomic mass is 16.2. The highest BCUT2D eigenvalue weighted by molar-refractivity contribution is 5.79. The normalized spacial score (nSPS) is 12.5. The third-order valence-electron chi connectivity index (χ3n) is 2.28. The standard InChI is InChI=1S/C10H18N4O/c1-4-5-12-10(15)8(3)14-6-9(11)7(2)13-14/h6,8H,4-5,11H2,1-3H3,(H,12,15). The van der Waals surface area contributed by atoms with Gasteiger partial charge in [0.05, 0.1) is 11.4 Å². The molecule has 0 spiro atoms. The SMILES string of the molecule is CCCNC(=O)C(C)n1cc(N)c(C)n1. The lowest BCUT2D eigenvalue weighted by atomic mass is 10.3. The number of amides is 1. The lowest BCUT2D eigenvalue weighted by molar-refractivity contribution is -0.124. The zero-order valence-corrected chi connectivity index (χ0v) is 9.45. The highest BCUT2D eigenvalue weighted by Crippen LogP contribution is 2.12. The molecule has 0 aliphatic rings. The van der Waals surface area contributed by atoms with E-state index in [0.29, 0.717) is 12.2 Å². The quantitative estimate of drug-likeness (QED) is 0.774. The molecule has 15 heavy (non-hydrogen) atoms. The van der Waals surface area contributed by atoms with Crippen molar-refractivity contribution < 1.29 is 4.79 Å².